The number of nitrogens with two attached hydrogens (primary N) is 1. The zero-order valence-corrected chi connectivity index (χ0v) is 20.0. The Balaban J connectivity index is 0.000000934. The number of anilines is 2. The smallest absolute Gasteiger partial charge is 0.256 e. The van der Waals surface area contributed by atoms with E-state index in [-0.39, 0.29) is 24.3 Å². The largest absolute Gasteiger partial charge is 0.394 e. The topological polar surface area (TPSA) is 103 Å². The molecule has 188 valence electrons. The lowest BCUT2D eigenvalue weighted by Gasteiger charge is -2.36. The number of hydrogen-bond donors (Lipinski definition) is 4. The Kier molecular flexibility index (Phi) is 14.7. The molecule has 34 heavy (non-hydrogen) atoms. The molecule has 2 aromatic carbocycles. The van der Waals surface area contributed by atoms with E-state index >= 15 is 0 Å². The minimum Gasteiger partial charge on any atom is -0.394 e. The van der Waals surface area contributed by atoms with Crippen molar-refractivity contribution < 1.29 is 23.1 Å². The molecule has 0 aliphatic carbocycles. The molecule has 0 bridgehead atoms. The molecular weight excluding hydrogens is 447 g/mol. The number of aryl methyl sites for hydroxylation is 1. The highest BCUT2D eigenvalue weighted by atomic mass is 19.2. The van der Waals surface area contributed by atoms with Crippen LogP contribution in [0.4, 0.5) is 24.5 Å². The number of rotatable bonds is 5. The highest BCUT2D eigenvalue weighted by Crippen LogP contribution is 2.30. The Morgan fingerprint density at radius 3 is 2.24 bits per heavy atom. The van der Waals surface area contributed by atoms with E-state index in [2.05, 4.69) is 28.9 Å². The number of aliphatic hydroxyl groups excluding tert-OH is 1. The first-order valence-corrected chi connectivity index (χ1v) is 10.6. The number of aliphatic imine (C=N–C) groups is 1. The lowest BCUT2D eigenvalue weighted by molar-refractivity contribution is 0.00593. The molecule has 1 fully saturated rings. The summed E-state index contributed by atoms with van der Waals surface area (Å²) >= 11 is 0. The summed E-state index contributed by atoms with van der Waals surface area (Å²) in [5.74, 6) is -3.61. The number of β-amino-alcohol motifs (C(OH)–C–C–N with tert-alkyl or cyclic N) is 1. The van der Waals surface area contributed by atoms with Crippen LogP contribution in [0.2, 0.25) is 0 Å². The Bertz CT molecular complexity index is 927. The maximum absolute atomic E-state index is 14.2. The van der Waals surface area contributed by atoms with Gasteiger partial charge in [-0.2, -0.15) is 0 Å². The van der Waals surface area contributed by atoms with Crippen LogP contribution >= 0.6 is 0 Å². The fraction of sp³-hybridized carbons (Fsp3) is 0.333. The molecule has 2 aromatic rings. The molecule has 0 aromatic heterocycles. The molecule has 1 aliphatic heterocycles. The lowest BCUT2D eigenvalue weighted by atomic mass is 10.1. The first-order valence-electron chi connectivity index (χ1n) is 10.6. The predicted octanol–water partition coefficient (Wildman–Crippen LogP) is 3.95. The minimum atomic E-state index is -1.26. The van der Waals surface area contributed by atoms with Crippen LogP contribution in [0, 0.1) is 24.4 Å². The van der Waals surface area contributed by atoms with E-state index in [0.29, 0.717) is 12.2 Å². The first-order chi connectivity index (χ1) is 16.2. The van der Waals surface area contributed by atoms with Crippen LogP contribution in [0.25, 0.3) is 0 Å². The molecule has 0 unspecified atom stereocenters. The van der Waals surface area contributed by atoms with E-state index in [0.717, 1.165) is 12.1 Å². The predicted molar refractivity (Wildman–Crippen MR) is 132 cm³/mol. The normalized spacial score (nSPS) is 11.7. The molecule has 5 N–H and O–H groups in total. The van der Waals surface area contributed by atoms with Crippen LogP contribution in [-0.4, -0.2) is 55.5 Å². The molecule has 0 atom stereocenters. The molecule has 7 nitrogen and oxygen atoms in total. The van der Waals surface area contributed by atoms with Crippen molar-refractivity contribution in [2.24, 2.45) is 10.7 Å². The van der Waals surface area contributed by atoms with Crippen molar-refractivity contribution in [3.63, 3.8) is 0 Å². The summed E-state index contributed by atoms with van der Waals surface area (Å²) < 4.78 is 41.8. The van der Waals surface area contributed by atoms with Crippen LogP contribution < -0.4 is 16.4 Å². The molecule has 1 saturated heterocycles. The molecular formula is C24H34F3N5O2. The van der Waals surface area contributed by atoms with Crippen LogP contribution in [0.15, 0.2) is 48.1 Å². The average Bonchev–Trinajstić information content (AvgIpc) is 2.82. The fourth-order valence-electron chi connectivity index (χ4n) is 2.50. The Morgan fingerprint density at radius 2 is 1.79 bits per heavy atom. The summed E-state index contributed by atoms with van der Waals surface area (Å²) in [5, 5.41) is 14.5. The Morgan fingerprint density at radius 1 is 1.24 bits per heavy atom. The maximum Gasteiger partial charge on any atom is 0.256 e. The van der Waals surface area contributed by atoms with Gasteiger partial charge in [-0.15, -0.1) is 0 Å². The number of halogens is 3. The van der Waals surface area contributed by atoms with Gasteiger partial charge in [-0.3, -0.25) is 9.79 Å². The van der Waals surface area contributed by atoms with Crippen molar-refractivity contribution in [3.8, 4) is 0 Å². The number of carbonyl (C=O) groups is 1. The molecule has 10 heteroatoms. The monoisotopic (exact) mass is 481 g/mol. The van der Waals surface area contributed by atoms with Gasteiger partial charge in [0.15, 0.2) is 11.6 Å². The molecule has 1 heterocycles. The van der Waals surface area contributed by atoms with Gasteiger partial charge in [-0.25, -0.2) is 13.2 Å². The van der Waals surface area contributed by atoms with Gasteiger partial charge in [0.25, 0.3) is 5.91 Å². The summed E-state index contributed by atoms with van der Waals surface area (Å²) in [7, 11) is 1.81. The van der Waals surface area contributed by atoms with E-state index < -0.39 is 35.2 Å². The van der Waals surface area contributed by atoms with Crippen molar-refractivity contribution in [2.75, 3.05) is 32.1 Å². The van der Waals surface area contributed by atoms with Gasteiger partial charge < -0.3 is 26.4 Å². The van der Waals surface area contributed by atoms with Crippen LogP contribution in [0.1, 0.15) is 29.8 Å². The third-order valence-electron chi connectivity index (χ3n) is 4.19. The van der Waals surface area contributed by atoms with Gasteiger partial charge in [0.1, 0.15) is 5.82 Å². The quantitative estimate of drug-likeness (QED) is 0.485. The summed E-state index contributed by atoms with van der Waals surface area (Å²) in [6, 6.07) is 6.22. The molecule has 0 spiro atoms. The number of aliphatic hydroxyl groups is 1. The molecule has 1 aliphatic rings. The molecule has 0 radical (unpaired) electrons. The highest BCUT2D eigenvalue weighted by Gasteiger charge is 2.32. The third kappa shape index (κ3) is 9.24. The van der Waals surface area contributed by atoms with Crippen molar-refractivity contribution in [2.45, 2.75) is 26.9 Å². The second-order valence-corrected chi connectivity index (χ2v) is 6.66. The van der Waals surface area contributed by atoms with Crippen molar-refractivity contribution in [1.82, 2.24) is 10.2 Å². The molecule has 3 rings (SSSR count). The Labute approximate surface area is 199 Å². The van der Waals surface area contributed by atoms with Gasteiger partial charge in [0.2, 0.25) is 0 Å². The van der Waals surface area contributed by atoms with Gasteiger partial charge in [-0.1, -0.05) is 26.5 Å². The Hall–Kier alpha value is -3.37. The van der Waals surface area contributed by atoms with Gasteiger partial charge in [0, 0.05) is 20.1 Å². The number of benzene rings is 2. The van der Waals surface area contributed by atoms with Crippen LogP contribution in [-0.2, 0) is 0 Å². The first kappa shape index (κ1) is 30.6. The SMILES string of the molecule is C=CNC.C=NCN.CC.Cc1ccc(Nc2c(C(=O)N3CC(O)C3)ccc(F)c2F)c(F)c1. The standard InChI is InChI=1S/C17H15F3N2O2.C3H7N.C2H6N2.C2H6/c1-9-2-5-14(13(19)6-9)21-16-11(3-4-12(18)15(16)20)17(24)22-7-10(23)8-22;1-3-4-2;1-4-2-3;1-2/h2-6,10,21,23H,7-8H2,1H3;3-4H,1H2,2H3;1-3H2;1-2H3. The summed E-state index contributed by atoms with van der Waals surface area (Å²) in [6.07, 6.45) is 1.00. The van der Waals surface area contributed by atoms with Gasteiger partial charge in [-0.05, 0) is 49.7 Å². The van der Waals surface area contributed by atoms with E-state index in [9.17, 15) is 23.1 Å². The lowest BCUT2D eigenvalue weighted by Crippen LogP contribution is -2.53. The zero-order valence-electron chi connectivity index (χ0n) is 20.0. The van der Waals surface area contributed by atoms with Crippen molar-refractivity contribution >= 4 is 24.0 Å². The third-order valence-corrected chi connectivity index (χ3v) is 4.19. The summed E-state index contributed by atoms with van der Waals surface area (Å²) in [6.45, 7) is 12.7. The second-order valence-electron chi connectivity index (χ2n) is 6.66. The van der Waals surface area contributed by atoms with Crippen molar-refractivity contribution in [3.05, 3.63) is 71.7 Å². The van der Waals surface area contributed by atoms with Gasteiger partial charge in [0.05, 0.1) is 29.7 Å². The number of amides is 1. The van der Waals surface area contributed by atoms with Crippen molar-refractivity contribution in [1.29, 1.82) is 0 Å². The minimum absolute atomic E-state index is 0.0669. The van der Waals surface area contributed by atoms with E-state index in [1.165, 1.54) is 17.0 Å². The maximum atomic E-state index is 14.2. The average molecular weight is 482 g/mol. The number of hydrogen-bond acceptors (Lipinski definition) is 6. The number of nitrogens with zero attached hydrogens (tertiary/aromatic N) is 2. The van der Waals surface area contributed by atoms with E-state index in [1.807, 2.05) is 20.9 Å². The van der Waals surface area contributed by atoms with E-state index in [1.54, 1.807) is 19.2 Å². The highest BCUT2D eigenvalue weighted by molar-refractivity contribution is 6.01. The zero-order chi connectivity index (χ0) is 26.3. The van der Waals surface area contributed by atoms with Gasteiger partial charge >= 0.3 is 0 Å². The molecule has 0 saturated carbocycles. The number of carbonyl (C=O) groups excluding carboxylic acids is 1. The number of likely N-dealkylation sites (tertiary alicyclic amines) is 1. The second kappa shape index (κ2) is 16.3. The van der Waals surface area contributed by atoms with Crippen LogP contribution in [0.3, 0.4) is 0 Å². The van der Waals surface area contributed by atoms with Crippen LogP contribution in [0.5, 0.6) is 0 Å². The summed E-state index contributed by atoms with van der Waals surface area (Å²) in [5.41, 5.74) is 4.85. The summed E-state index contributed by atoms with van der Waals surface area (Å²) in [4.78, 5) is 16.9. The molecule has 1 amide bonds. The number of nitrogens with one attached hydrogen (secondary N) is 2. The fourth-order valence-corrected chi connectivity index (χ4v) is 2.50. The van der Waals surface area contributed by atoms with E-state index in [4.69, 9.17) is 5.73 Å².